The van der Waals surface area contributed by atoms with Gasteiger partial charge in [-0.2, -0.15) is 0 Å². The Morgan fingerprint density at radius 1 is 1.50 bits per heavy atom. The summed E-state index contributed by atoms with van der Waals surface area (Å²) in [5.41, 5.74) is -2.62. The summed E-state index contributed by atoms with van der Waals surface area (Å²) >= 11 is 0. The van der Waals surface area contributed by atoms with Gasteiger partial charge < -0.3 is 10.2 Å². The zero-order chi connectivity index (χ0) is 9.94. The fourth-order valence-corrected chi connectivity index (χ4v) is 0.824. The highest BCUT2D eigenvalue weighted by atomic mass is 16.8. The van der Waals surface area contributed by atoms with Crippen LogP contribution < -0.4 is 0 Å². The topological polar surface area (TPSA) is 101 Å². The lowest BCUT2D eigenvalue weighted by Gasteiger charge is -2.27. The van der Waals surface area contributed by atoms with Crippen LogP contribution in [0.1, 0.15) is 20.3 Å². The number of nitrogens with zero attached hydrogens (tertiary/aromatic N) is 1. The van der Waals surface area contributed by atoms with Gasteiger partial charge in [0.15, 0.2) is 0 Å². The predicted octanol–water partition coefficient (Wildman–Crippen LogP) is -0.114. The maximum atomic E-state index is 10.4. The quantitative estimate of drug-likeness (QED) is 0.354. The Hall–Kier alpha value is -0.690. The van der Waals surface area contributed by atoms with Gasteiger partial charge in [-0.25, -0.2) is 4.79 Å². The number of hydroxylamine groups is 2. The van der Waals surface area contributed by atoms with Gasteiger partial charge in [0, 0.05) is 6.42 Å². The summed E-state index contributed by atoms with van der Waals surface area (Å²) in [5.74, 6) is -1.87. The second-order valence-electron chi connectivity index (χ2n) is 3.01. The maximum Gasteiger partial charge on any atom is 0.356 e. The molecule has 0 aromatic rings. The van der Waals surface area contributed by atoms with E-state index in [1.807, 2.05) is 0 Å². The van der Waals surface area contributed by atoms with Gasteiger partial charge in [-0.05, 0) is 11.1 Å². The summed E-state index contributed by atoms with van der Waals surface area (Å²) in [6, 6.07) is 0. The normalized spacial score (nSPS) is 16.6. The summed E-state index contributed by atoms with van der Waals surface area (Å²) in [5, 5.41) is 33.8. The molecular weight excluding hydrogens is 166 g/mol. The maximum absolute atomic E-state index is 10.4. The molecule has 0 radical (unpaired) electrons. The van der Waals surface area contributed by atoms with Gasteiger partial charge in [-0.3, -0.25) is 10.4 Å². The van der Waals surface area contributed by atoms with Crippen LogP contribution in [0, 0.1) is 5.92 Å². The van der Waals surface area contributed by atoms with Crippen LogP contribution in [0.3, 0.4) is 0 Å². The first-order valence-electron chi connectivity index (χ1n) is 3.44. The molecule has 0 saturated carbocycles. The predicted molar refractivity (Wildman–Crippen MR) is 37.5 cm³/mol. The van der Waals surface area contributed by atoms with Gasteiger partial charge in [0.1, 0.15) is 0 Å². The van der Waals surface area contributed by atoms with E-state index in [2.05, 4.69) is 0 Å². The lowest BCUT2D eigenvalue weighted by atomic mass is 10.0. The molecular formula is C6H13NO5. The molecule has 0 saturated heterocycles. The Morgan fingerprint density at radius 3 is 2.00 bits per heavy atom. The van der Waals surface area contributed by atoms with Gasteiger partial charge in [-0.15, -0.1) is 0 Å². The molecule has 0 aromatic carbocycles. The van der Waals surface area contributed by atoms with Crippen molar-refractivity contribution >= 4 is 5.97 Å². The first-order chi connectivity index (χ1) is 5.30. The van der Waals surface area contributed by atoms with E-state index in [0.29, 0.717) is 0 Å². The van der Waals surface area contributed by atoms with Gasteiger partial charge in [0.05, 0.1) is 0 Å². The third-order valence-electron chi connectivity index (χ3n) is 1.37. The van der Waals surface area contributed by atoms with Crippen molar-refractivity contribution in [3.8, 4) is 0 Å². The van der Waals surface area contributed by atoms with Crippen molar-refractivity contribution < 1.29 is 25.4 Å². The molecule has 0 fully saturated rings. The number of aliphatic hydroxyl groups is 1. The molecule has 6 heteroatoms. The van der Waals surface area contributed by atoms with Crippen LogP contribution >= 0.6 is 0 Å². The molecule has 0 rings (SSSR count). The average molecular weight is 179 g/mol. The smallest absolute Gasteiger partial charge is 0.356 e. The molecule has 12 heavy (non-hydrogen) atoms. The van der Waals surface area contributed by atoms with Crippen molar-refractivity contribution in [1.82, 2.24) is 5.23 Å². The molecule has 6 nitrogen and oxygen atoms in total. The molecule has 0 unspecified atom stereocenters. The highest BCUT2D eigenvalue weighted by molar-refractivity contribution is 5.76. The SMILES string of the molecule is CC(C)C[C@@](O)(C(=O)O)N(O)O. The highest BCUT2D eigenvalue weighted by Crippen LogP contribution is 2.18. The zero-order valence-corrected chi connectivity index (χ0v) is 6.93. The molecule has 0 amide bonds. The number of aliphatic carboxylic acids is 1. The minimum absolute atomic E-state index is 0.173. The third kappa shape index (κ3) is 2.42. The van der Waals surface area contributed by atoms with E-state index >= 15 is 0 Å². The van der Waals surface area contributed by atoms with Crippen LogP contribution in [0.4, 0.5) is 0 Å². The van der Waals surface area contributed by atoms with Crippen LogP contribution in [-0.2, 0) is 4.79 Å². The molecule has 0 bridgehead atoms. The molecule has 0 spiro atoms. The van der Waals surface area contributed by atoms with Crippen LogP contribution in [0.2, 0.25) is 0 Å². The van der Waals surface area contributed by atoms with E-state index in [4.69, 9.17) is 20.6 Å². The molecule has 0 heterocycles. The Bertz CT molecular complexity index is 169. The van der Waals surface area contributed by atoms with E-state index in [0.717, 1.165) is 0 Å². The first kappa shape index (κ1) is 11.3. The molecule has 0 aliphatic heterocycles. The first-order valence-corrected chi connectivity index (χ1v) is 3.44. The Morgan fingerprint density at radius 2 is 1.92 bits per heavy atom. The molecule has 0 aliphatic carbocycles. The molecule has 0 aliphatic rings. The number of carbonyl (C=O) groups is 1. The van der Waals surface area contributed by atoms with Crippen LogP contribution in [-0.4, -0.2) is 37.5 Å². The van der Waals surface area contributed by atoms with Gasteiger partial charge in [0.2, 0.25) is 0 Å². The number of hydrogen-bond acceptors (Lipinski definition) is 5. The number of carboxylic acids is 1. The van der Waals surface area contributed by atoms with Crippen molar-refractivity contribution in [3.05, 3.63) is 0 Å². The second-order valence-corrected chi connectivity index (χ2v) is 3.01. The number of carboxylic acid groups (broad SMARTS) is 1. The van der Waals surface area contributed by atoms with E-state index in [-0.39, 0.29) is 12.3 Å². The second kappa shape index (κ2) is 3.81. The molecule has 72 valence electrons. The average Bonchev–Trinajstić information content (AvgIpc) is 1.84. The third-order valence-corrected chi connectivity index (χ3v) is 1.37. The Balaban J connectivity index is 4.51. The molecule has 4 N–H and O–H groups in total. The summed E-state index contributed by atoms with van der Waals surface area (Å²) in [7, 11) is 0. The highest BCUT2D eigenvalue weighted by Gasteiger charge is 2.42. The fourth-order valence-electron chi connectivity index (χ4n) is 0.824. The standard InChI is InChI=1S/C6H13NO5/c1-4(2)3-6(10,5(8)9)7(11)12/h4,10-12H,3H2,1-2H3,(H,8,9)/t6-/m1/s1. The van der Waals surface area contributed by atoms with Crippen LogP contribution in [0.25, 0.3) is 0 Å². The van der Waals surface area contributed by atoms with Crippen molar-refractivity contribution in [2.24, 2.45) is 5.92 Å². The van der Waals surface area contributed by atoms with E-state index in [9.17, 15) is 4.79 Å². The lowest BCUT2D eigenvalue weighted by molar-refractivity contribution is -0.405. The van der Waals surface area contributed by atoms with E-state index in [1.165, 1.54) is 0 Å². The molecule has 0 aromatic heterocycles. The summed E-state index contributed by atoms with van der Waals surface area (Å²) < 4.78 is 0. The Labute approximate surface area is 69.6 Å². The van der Waals surface area contributed by atoms with Gasteiger partial charge >= 0.3 is 5.97 Å². The van der Waals surface area contributed by atoms with Gasteiger partial charge in [0.25, 0.3) is 5.72 Å². The fraction of sp³-hybridized carbons (Fsp3) is 0.833. The lowest BCUT2D eigenvalue weighted by Crippen LogP contribution is -2.52. The minimum atomic E-state index is -2.62. The Kier molecular flexibility index (Phi) is 3.59. The van der Waals surface area contributed by atoms with Crippen molar-refractivity contribution in [3.63, 3.8) is 0 Å². The van der Waals surface area contributed by atoms with Crippen molar-refractivity contribution in [1.29, 1.82) is 0 Å². The zero-order valence-electron chi connectivity index (χ0n) is 6.93. The summed E-state index contributed by atoms with van der Waals surface area (Å²) in [6.45, 7) is 3.30. The van der Waals surface area contributed by atoms with Gasteiger partial charge in [-0.1, -0.05) is 13.8 Å². The monoisotopic (exact) mass is 179 g/mol. The largest absolute Gasteiger partial charge is 0.478 e. The number of rotatable bonds is 4. The summed E-state index contributed by atoms with van der Waals surface area (Å²) in [6.07, 6.45) is -0.269. The van der Waals surface area contributed by atoms with Crippen molar-refractivity contribution in [2.45, 2.75) is 26.0 Å². The minimum Gasteiger partial charge on any atom is -0.478 e. The molecule has 1 atom stereocenters. The van der Waals surface area contributed by atoms with Crippen molar-refractivity contribution in [2.75, 3.05) is 0 Å². The van der Waals surface area contributed by atoms with E-state index in [1.54, 1.807) is 13.8 Å². The summed E-state index contributed by atoms with van der Waals surface area (Å²) in [4.78, 5) is 10.4. The van der Waals surface area contributed by atoms with Crippen LogP contribution in [0.15, 0.2) is 0 Å². The number of hydrogen-bond donors (Lipinski definition) is 4. The van der Waals surface area contributed by atoms with Crippen LogP contribution in [0.5, 0.6) is 0 Å². The van der Waals surface area contributed by atoms with E-state index < -0.39 is 16.9 Å².